The van der Waals surface area contributed by atoms with E-state index in [1.165, 1.54) is 0 Å². The molecular weight excluding hydrogens is 240 g/mol. The molecule has 2 saturated heterocycles. The Bertz CT molecular complexity index is 388. The summed E-state index contributed by atoms with van der Waals surface area (Å²) in [6, 6.07) is 0.126. The molecule has 2 N–H and O–H groups in total. The highest BCUT2D eigenvalue weighted by atomic mass is 32.2. The van der Waals surface area contributed by atoms with Crippen molar-refractivity contribution in [1.29, 1.82) is 0 Å². The molecule has 0 spiro atoms. The fraction of sp³-hybridized carbons (Fsp3) is 0.909. The van der Waals surface area contributed by atoms with Gasteiger partial charge in [0.15, 0.2) is 9.84 Å². The molecule has 3 atom stereocenters. The van der Waals surface area contributed by atoms with Gasteiger partial charge in [-0.3, -0.25) is 4.79 Å². The number of rotatable bonds is 3. The Labute approximate surface area is 102 Å². The van der Waals surface area contributed by atoms with Crippen molar-refractivity contribution in [2.45, 2.75) is 25.8 Å². The van der Waals surface area contributed by atoms with Crippen LogP contribution in [0.3, 0.4) is 0 Å². The lowest BCUT2D eigenvalue weighted by Crippen LogP contribution is -2.42. The van der Waals surface area contributed by atoms with E-state index in [1.54, 1.807) is 0 Å². The molecule has 2 aliphatic rings. The number of nitrogens with one attached hydrogen (secondary N) is 2. The summed E-state index contributed by atoms with van der Waals surface area (Å²) in [5.74, 6) is 0.220. The normalized spacial score (nSPS) is 33.5. The summed E-state index contributed by atoms with van der Waals surface area (Å²) in [6.07, 6.45) is 1.55. The molecule has 98 valence electrons. The molecule has 0 aromatic heterocycles. The number of carbonyl (C=O) groups is 1. The lowest BCUT2D eigenvalue weighted by molar-refractivity contribution is -0.125. The lowest BCUT2D eigenvalue weighted by Gasteiger charge is -2.21. The minimum Gasteiger partial charge on any atom is -0.353 e. The van der Waals surface area contributed by atoms with E-state index in [-0.39, 0.29) is 29.4 Å². The van der Waals surface area contributed by atoms with E-state index in [4.69, 9.17) is 0 Å². The second kappa shape index (κ2) is 4.94. The Kier molecular flexibility index (Phi) is 3.73. The third kappa shape index (κ3) is 3.19. The van der Waals surface area contributed by atoms with Crippen LogP contribution in [0, 0.1) is 11.8 Å². The van der Waals surface area contributed by atoms with Gasteiger partial charge in [0, 0.05) is 6.04 Å². The number of amides is 1. The number of sulfone groups is 1. The molecule has 0 saturated carbocycles. The van der Waals surface area contributed by atoms with Crippen LogP contribution < -0.4 is 10.6 Å². The first-order valence-electron chi connectivity index (χ1n) is 6.19. The van der Waals surface area contributed by atoms with E-state index in [1.807, 2.05) is 6.92 Å². The third-order valence-electron chi connectivity index (χ3n) is 3.78. The predicted molar refractivity (Wildman–Crippen MR) is 65.3 cm³/mol. The first-order valence-corrected chi connectivity index (χ1v) is 8.01. The average molecular weight is 260 g/mol. The Hall–Kier alpha value is -0.620. The zero-order valence-electron chi connectivity index (χ0n) is 10.1. The van der Waals surface area contributed by atoms with E-state index in [9.17, 15) is 13.2 Å². The molecule has 0 aliphatic carbocycles. The van der Waals surface area contributed by atoms with E-state index >= 15 is 0 Å². The van der Waals surface area contributed by atoms with Gasteiger partial charge in [-0.2, -0.15) is 0 Å². The topological polar surface area (TPSA) is 75.3 Å². The van der Waals surface area contributed by atoms with Gasteiger partial charge in [0.2, 0.25) is 5.91 Å². The Morgan fingerprint density at radius 1 is 1.41 bits per heavy atom. The summed E-state index contributed by atoms with van der Waals surface area (Å²) >= 11 is 0. The highest BCUT2D eigenvalue weighted by molar-refractivity contribution is 7.91. The third-order valence-corrected chi connectivity index (χ3v) is 5.55. The van der Waals surface area contributed by atoms with Crippen LogP contribution in [0.15, 0.2) is 0 Å². The summed E-state index contributed by atoms with van der Waals surface area (Å²) in [6.45, 7) is 3.94. The minimum absolute atomic E-state index is 0.0223. The van der Waals surface area contributed by atoms with Gasteiger partial charge in [-0.25, -0.2) is 8.42 Å². The largest absolute Gasteiger partial charge is 0.353 e. The molecule has 0 aromatic rings. The van der Waals surface area contributed by atoms with Crippen molar-refractivity contribution < 1.29 is 13.2 Å². The zero-order chi connectivity index (χ0) is 12.5. The van der Waals surface area contributed by atoms with Crippen LogP contribution in [-0.2, 0) is 14.6 Å². The Balaban J connectivity index is 1.84. The molecule has 2 rings (SSSR count). The highest BCUT2D eigenvalue weighted by Gasteiger charge is 2.34. The predicted octanol–water partition coefficient (Wildman–Crippen LogP) is -0.465. The fourth-order valence-corrected chi connectivity index (χ4v) is 4.31. The molecule has 2 aliphatic heterocycles. The van der Waals surface area contributed by atoms with Crippen LogP contribution >= 0.6 is 0 Å². The number of carbonyl (C=O) groups excluding carboxylic acids is 1. The van der Waals surface area contributed by atoms with Gasteiger partial charge in [0.25, 0.3) is 0 Å². The van der Waals surface area contributed by atoms with Crippen molar-refractivity contribution in [2.24, 2.45) is 11.8 Å². The van der Waals surface area contributed by atoms with Crippen LogP contribution in [0.1, 0.15) is 19.8 Å². The summed E-state index contributed by atoms with van der Waals surface area (Å²) in [7, 11) is -2.97. The SMILES string of the molecule is CC(NC(=O)C1CCS(=O)(=O)C1)C1CCNC1. The first kappa shape index (κ1) is 12.8. The first-order chi connectivity index (χ1) is 7.98. The number of hydrogen-bond acceptors (Lipinski definition) is 4. The maximum absolute atomic E-state index is 11.9. The molecule has 2 heterocycles. The lowest BCUT2D eigenvalue weighted by atomic mass is 9.99. The van der Waals surface area contributed by atoms with Crippen molar-refractivity contribution in [1.82, 2.24) is 10.6 Å². The fourth-order valence-electron chi connectivity index (χ4n) is 2.57. The van der Waals surface area contributed by atoms with Crippen molar-refractivity contribution >= 4 is 15.7 Å². The quantitative estimate of drug-likeness (QED) is 0.720. The van der Waals surface area contributed by atoms with Crippen molar-refractivity contribution in [3.05, 3.63) is 0 Å². The van der Waals surface area contributed by atoms with Gasteiger partial charge in [0.05, 0.1) is 17.4 Å². The average Bonchev–Trinajstić information content (AvgIpc) is 2.86. The monoisotopic (exact) mass is 260 g/mol. The Morgan fingerprint density at radius 2 is 2.18 bits per heavy atom. The van der Waals surface area contributed by atoms with Crippen molar-refractivity contribution in [3.63, 3.8) is 0 Å². The summed E-state index contributed by atoms with van der Waals surface area (Å²) < 4.78 is 22.6. The van der Waals surface area contributed by atoms with Gasteiger partial charge >= 0.3 is 0 Å². The molecule has 1 amide bonds. The van der Waals surface area contributed by atoms with Crippen LogP contribution in [0.2, 0.25) is 0 Å². The van der Waals surface area contributed by atoms with Crippen molar-refractivity contribution in [2.75, 3.05) is 24.6 Å². The van der Waals surface area contributed by atoms with Gasteiger partial charge < -0.3 is 10.6 Å². The van der Waals surface area contributed by atoms with E-state index < -0.39 is 9.84 Å². The highest BCUT2D eigenvalue weighted by Crippen LogP contribution is 2.19. The van der Waals surface area contributed by atoms with E-state index in [2.05, 4.69) is 10.6 Å². The molecule has 5 nitrogen and oxygen atoms in total. The maximum Gasteiger partial charge on any atom is 0.224 e. The summed E-state index contributed by atoms with van der Waals surface area (Å²) in [5, 5.41) is 6.22. The smallest absolute Gasteiger partial charge is 0.224 e. The van der Waals surface area contributed by atoms with E-state index in [0.717, 1.165) is 19.5 Å². The molecule has 3 unspecified atom stereocenters. The molecule has 2 fully saturated rings. The minimum atomic E-state index is -2.97. The maximum atomic E-state index is 11.9. The standard InChI is InChI=1S/C11H20N2O3S/c1-8(9-2-4-12-6-9)13-11(14)10-3-5-17(15,16)7-10/h8-10,12H,2-7H2,1H3,(H,13,14). The summed E-state index contributed by atoms with van der Waals surface area (Å²) in [5.41, 5.74) is 0. The van der Waals surface area contributed by atoms with Gasteiger partial charge in [-0.05, 0) is 38.8 Å². The molecule has 0 radical (unpaired) electrons. The summed E-state index contributed by atoms with van der Waals surface area (Å²) in [4.78, 5) is 11.9. The zero-order valence-corrected chi connectivity index (χ0v) is 10.9. The van der Waals surface area contributed by atoms with Crippen LogP contribution in [-0.4, -0.2) is 45.0 Å². The van der Waals surface area contributed by atoms with Crippen molar-refractivity contribution in [3.8, 4) is 0 Å². The second-order valence-electron chi connectivity index (χ2n) is 5.15. The van der Waals surface area contributed by atoms with Crippen LogP contribution in [0.4, 0.5) is 0 Å². The molecule has 6 heteroatoms. The van der Waals surface area contributed by atoms with Gasteiger partial charge in [0.1, 0.15) is 0 Å². The van der Waals surface area contributed by atoms with Crippen LogP contribution in [0.25, 0.3) is 0 Å². The van der Waals surface area contributed by atoms with E-state index in [0.29, 0.717) is 12.3 Å². The molecule has 0 aromatic carbocycles. The van der Waals surface area contributed by atoms with Crippen LogP contribution in [0.5, 0.6) is 0 Å². The number of hydrogen-bond donors (Lipinski definition) is 2. The van der Waals surface area contributed by atoms with Gasteiger partial charge in [-0.1, -0.05) is 0 Å². The Morgan fingerprint density at radius 3 is 2.71 bits per heavy atom. The molecule has 17 heavy (non-hydrogen) atoms. The molecular formula is C11H20N2O3S. The van der Waals surface area contributed by atoms with Gasteiger partial charge in [-0.15, -0.1) is 0 Å². The second-order valence-corrected chi connectivity index (χ2v) is 7.38. The molecule has 0 bridgehead atoms.